The third-order valence-corrected chi connectivity index (χ3v) is 3.14. The highest BCUT2D eigenvalue weighted by Crippen LogP contribution is 2.22. The summed E-state index contributed by atoms with van der Waals surface area (Å²) in [7, 11) is 0. The van der Waals surface area contributed by atoms with Crippen molar-refractivity contribution in [2.75, 3.05) is 6.61 Å². The van der Waals surface area contributed by atoms with Crippen molar-refractivity contribution in [2.24, 2.45) is 0 Å². The second-order valence-corrected chi connectivity index (χ2v) is 4.49. The summed E-state index contributed by atoms with van der Waals surface area (Å²) in [6.45, 7) is 8.41. The van der Waals surface area contributed by atoms with Gasteiger partial charge in [0.1, 0.15) is 12.4 Å². The maximum Gasteiger partial charge on any atom is 0.122 e. The SMILES string of the molecule is CCC(O)(CC)COc1ccc(C)cc1C. The van der Waals surface area contributed by atoms with Gasteiger partial charge < -0.3 is 9.84 Å². The molecule has 0 unspecified atom stereocenters. The van der Waals surface area contributed by atoms with Crippen LogP contribution >= 0.6 is 0 Å². The van der Waals surface area contributed by atoms with Gasteiger partial charge in [-0.05, 0) is 38.3 Å². The molecule has 0 aliphatic heterocycles. The Morgan fingerprint density at radius 3 is 2.31 bits per heavy atom. The van der Waals surface area contributed by atoms with E-state index >= 15 is 0 Å². The predicted octanol–water partition coefficient (Wildman–Crippen LogP) is 3.23. The fourth-order valence-electron chi connectivity index (χ4n) is 1.63. The molecule has 0 aliphatic rings. The lowest BCUT2D eigenvalue weighted by atomic mass is 9.99. The van der Waals surface area contributed by atoms with Gasteiger partial charge in [-0.2, -0.15) is 0 Å². The smallest absolute Gasteiger partial charge is 0.122 e. The van der Waals surface area contributed by atoms with E-state index in [0.29, 0.717) is 19.4 Å². The van der Waals surface area contributed by atoms with Crippen molar-refractivity contribution in [1.82, 2.24) is 0 Å². The molecule has 0 atom stereocenters. The molecule has 0 saturated carbocycles. The van der Waals surface area contributed by atoms with Gasteiger partial charge in [-0.1, -0.05) is 31.5 Å². The third kappa shape index (κ3) is 3.24. The van der Waals surface area contributed by atoms with Crippen molar-refractivity contribution in [3.63, 3.8) is 0 Å². The van der Waals surface area contributed by atoms with Gasteiger partial charge >= 0.3 is 0 Å². The Morgan fingerprint density at radius 1 is 1.19 bits per heavy atom. The molecule has 0 aromatic heterocycles. The van der Waals surface area contributed by atoms with E-state index in [1.54, 1.807) is 0 Å². The first-order valence-corrected chi connectivity index (χ1v) is 5.93. The van der Waals surface area contributed by atoms with Crippen LogP contribution in [0.15, 0.2) is 18.2 Å². The summed E-state index contributed by atoms with van der Waals surface area (Å²) < 4.78 is 5.69. The zero-order valence-electron chi connectivity index (χ0n) is 10.7. The predicted molar refractivity (Wildman–Crippen MR) is 66.9 cm³/mol. The van der Waals surface area contributed by atoms with Crippen molar-refractivity contribution in [3.05, 3.63) is 29.3 Å². The van der Waals surface area contributed by atoms with E-state index in [1.807, 2.05) is 32.9 Å². The Hall–Kier alpha value is -1.02. The molecule has 0 radical (unpaired) electrons. The quantitative estimate of drug-likeness (QED) is 0.828. The molecule has 0 saturated heterocycles. The van der Waals surface area contributed by atoms with Crippen molar-refractivity contribution in [3.8, 4) is 5.75 Å². The average molecular weight is 222 g/mol. The summed E-state index contributed by atoms with van der Waals surface area (Å²) in [5.41, 5.74) is 1.65. The Bertz CT molecular complexity index is 341. The van der Waals surface area contributed by atoms with Crippen LogP contribution in [-0.2, 0) is 0 Å². The molecule has 0 bridgehead atoms. The van der Waals surface area contributed by atoms with E-state index in [4.69, 9.17) is 4.74 Å². The second-order valence-electron chi connectivity index (χ2n) is 4.49. The fourth-order valence-corrected chi connectivity index (χ4v) is 1.63. The monoisotopic (exact) mass is 222 g/mol. The van der Waals surface area contributed by atoms with E-state index in [-0.39, 0.29) is 0 Å². The van der Waals surface area contributed by atoms with Gasteiger partial charge in [-0.25, -0.2) is 0 Å². The Labute approximate surface area is 98.3 Å². The molecular weight excluding hydrogens is 200 g/mol. The van der Waals surface area contributed by atoms with Crippen LogP contribution in [0.25, 0.3) is 0 Å². The van der Waals surface area contributed by atoms with Crippen LogP contribution in [0, 0.1) is 13.8 Å². The van der Waals surface area contributed by atoms with Gasteiger partial charge in [0.2, 0.25) is 0 Å². The molecule has 0 amide bonds. The van der Waals surface area contributed by atoms with Crippen LogP contribution in [0.3, 0.4) is 0 Å². The number of ether oxygens (including phenoxy) is 1. The minimum Gasteiger partial charge on any atom is -0.490 e. The summed E-state index contributed by atoms with van der Waals surface area (Å²) in [6.07, 6.45) is 1.43. The normalized spacial score (nSPS) is 11.6. The van der Waals surface area contributed by atoms with Gasteiger partial charge in [-0.3, -0.25) is 0 Å². The van der Waals surface area contributed by atoms with Crippen LogP contribution in [0.1, 0.15) is 37.8 Å². The second kappa shape index (κ2) is 5.35. The zero-order chi connectivity index (χ0) is 12.2. The van der Waals surface area contributed by atoms with E-state index in [1.165, 1.54) is 5.56 Å². The molecule has 0 aliphatic carbocycles. The average Bonchev–Trinajstić information content (AvgIpc) is 2.27. The highest BCUT2D eigenvalue weighted by atomic mass is 16.5. The molecule has 2 heteroatoms. The van der Waals surface area contributed by atoms with Gasteiger partial charge in [0.15, 0.2) is 0 Å². The molecule has 2 nitrogen and oxygen atoms in total. The van der Waals surface area contributed by atoms with Crippen LogP contribution in [0.2, 0.25) is 0 Å². The highest BCUT2D eigenvalue weighted by molar-refractivity contribution is 5.35. The molecule has 0 fully saturated rings. The van der Waals surface area contributed by atoms with Crippen molar-refractivity contribution in [2.45, 2.75) is 46.1 Å². The Balaban J connectivity index is 2.67. The molecule has 0 heterocycles. The van der Waals surface area contributed by atoms with E-state index in [2.05, 4.69) is 13.0 Å². The van der Waals surface area contributed by atoms with Crippen LogP contribution in [0.4, 0.5) is 0 Å². The molecule has 1 aromatic rings. The number of benzene rings is 1. The van der Waals surface area contributed by atoms with Crippen LogP contribution < -0.4 is 4.74 Å². The minimum absolute atomic E-state index is 0.365. The topological polar surface area (TPSA) is 29.5 Å². The third-order valence-electron chi connectivity index (χ3n) is 3.14. The summed E-state index contributed by atoms with van der Waals surface area (Å²) in [4.78, 5) is 0. The molecule has 1 aromatic carbocycles. The molecule has 1 rings (SSSR count). The van der Waals surface area contributed by atoms with E-state index in [9.17, 15) is 5.11 Å². The standard InChI is InChI=1S/C14H22O2/c1-5-14(15,6-2)10-16-13-8-7-11(3)9-12(13)4/h7-9,15H,5-6,10H2,1-4H3. The fraction of sp³-hybridized carbons (Fsp3) is 0.571. The number of hydrogen-bond donors (Lipinski definition) is 1. The first kappa shape index (κ1) is 13.0. The Kier molecular flexibility index (Phi) is 4.36. The van der Waals surface area contributed by atoms with Gasteiger partial charge in [-0.15, -0.1) is 0 Å². The minimum atomic E-state index is -0.697. The summed E-state index contributed by atoms with van der Waals surface area (Å²) in [6, 6.07) is 6.09. The van der Waals surface area contributed by atoms with E-state index < -0.39 is 5.60 Å². The molecule has 1 N–H and O–H groups in total. The maximum absolute atomic E-state index is 10.1. The molecule has 0 spiro atoms. The lowest BCUT2D eigenvalue weighted by Crippen LogP contribution is -2.34. The number of aryl methyl sites for hydroxylation is 2. The summed E-state index contributed by atoms with van der Waals surface area (Å²) in [5, 5.41) is 10.1. The molecule has 90 valence electrons. The lowest BCUT2D eigenvalue weighted by Gasteiger charge is -2.25. The largest absolute Gasteiger partial charge is 0.490 e. The molecule has 16 heavy (non-hydrogen) atoms. The number of aliphatic hydroxyl groups is 1. The first-order chi connectivity index (χ1) is 7.50. The summed E-state index contributed by atoms with van der Waals surface area (Å²) >= 11 is 0. The van der Waals surface area contributed by atoms with Crippen molar-refractivity contribution < 1.29 is 9.84 Å². The van der Waals surface area contributed by atoms with Gasteiger partial charge in [0.25, 0.3) is 0 Å². The zero-order valence-corrected chi connectivity index (χ0v) is 10.7. The molecular formula is C14H22O2. The first-order valence-electron chi connectivity index (χ1n) is 5.93. The highest BCUT2D eigenvalue weighted by Gasteiger charge is 2.23. The summed E-state index contributed by atoms with van der Waals surface area (Å²) in [5.74, 6) is 0.867. The van der Waals surface area contributed by atoms with Crippen LogP contribution in [-0.4, -0.2) is 17.3 Å². The lowest BCUT2D eigenvalue weighted by molar-refractivity contribution is -0.0115. The van der Waals surface area contributed by atoms with Crippen molar-refractivity contribution in [1.29, 1.82) is 0 Å². The van der Waals surface area contributed by atoms with E-state index in [0.717, 1.165) is 11.3 Å². The van der Waals surface area contributed by atoms with Crippen molar-refractivity contribution >= 4 is 0 Å². The van der Waals surface area contributed by atoms with Gasteiger partial charge in [0, 0.05) is 0 Å². The Morgan fingerprint density at radius 2 is 1.81 bits per heavy atom. The maximum atomic E-state index is 10.1. The van der Waals surface area contributed by atoms with Gasteiger partial charge in [0.05, 0.1) is 5.60 Å². The number of hydrogen-bond acceptors (Lipinski definition) is 2. The van der Waals surface area contributed by atoms with Crippen LogP contribution in [0.5, 0.6) is 5.75 Å². The number of rotatable bonds is 5.